The van der Waals surface area contributed by atoms with Crippen molar-refractivity contribution in [3.8, 4) is 5.88 Å². The number of aryl methyl sites for hydroxylation is 2. The molecule has 0 bridgehead atoms. The first-order valence-electron chi connectivity index (χ1n) is 9.75. The fourth-order valence-corrected chi connectivity index (χ4v) is 3.61. The molecule has 0 atom stereocenters. The van der Waals surface area contributed by atoms with Gasteiger partial charge in [0.25, 0.3) is 0 Å². The Kier molecular flexibility index (Phi) is 6.06. The van der Waals surface area contributed by atoms with E-state index in [1.807, 2.05) is 0 Å². The number of benzene rings is 1. The molecule has 0 radical (unpaired) electrons. The number of nitrogens with zero attached hydrogens (tertiary/aromatic N) is 3. The van der Waals surface area contributed by atoms with Gasteiger partial charge in [-0.3, -0.25) is 4.79 Å². The van der Waals surface area contributed by atoms with E-state index in [0.717, 1.165) is 13.1 Å². The third-order valence-corrected chi connectivity index (χ3v) is 5.48. The van der Waals surface area contributed by atoms with Gasteiger partial charge in [-0.15, -0.1) is 0 Å². The lowest BCUT2D eigenvalue weighted by Gasteiger charge is -2.37. The SMILES string of the molecule is COc1nc(C)c(C(C)=O)cc1NC(=O)N1CCN(c2cccc(C)c2C)CC1. The molecule has 2 heterocycles. The van der Waals surface area contributed by atoms with E-state index in [4.69, 9.17) is 4.74 Å². The highest BCUT2D eigenvalue weighted by molar-refractivity contribution is 5.98. The molecule has 1 aliphatic heterocycles. The molecule has 1 N–H and O–H groups in total. The van der Waals surface area contributed by atoms with Crippen molar-refractivity contribution in [3.63, 3.8) is 0 Å². The number of anilines is 2. The number of hydrogen-bond donors (Lipinski definition) is 1. The van der Waals surface area contributed by atoms with Gasteiger partial charge in [0.2, 0.25) is 5.88 Å². The summed E-state index contributed by atoms with van der Waals surface area (Å²) in [5.74, 6) is 0.199. The number of carbonyl (C=O) groups is 2. The minimum atomic E-state index is -0.218. The van der Waals surface area contributed by atoms with Crippen molar-refractivity contribution >= 4 is 23.2 Å². The molecular weight excluding hydrogens is 368 g/mol. The van der Waals surface area contributed by atoms with E-state index < -0.39 is 0 Å². The number of amides is 2. The minimum Gasteiger partial charge on any atom is -0.480 e. The van der Waals surface area contributed by atoms with E-state index in [0.29, 0.717) is 35.9 Å². The van der Waals surface area contributed by atoms with Crippen LogP contribution in [-0.4, -0.2) is 55.0 Å². The Balaban J connectivity index is 1.69. The van der Waals surface area contributed by atoms with Gasteiger partial charge >= 0.3 is 6.03 Å². The second-order valence-electron chi connectivity index (χ2n) is 7.36. The third kappa shape index (κ3) is 4.34. The van der Waals surface area contributed by atoms with Gasteiger partial charge in [-0.05, 0) is 51.0 Å². The van der Waals surface area contributed by atoms with E-state index >= 15 is 0 Å². The van der Waals surface area contributed by atoms with Crippen molar-refractivity contribution < 1.29 is 14.3 Å². The van der Waals surface area contributed by atoms with Crippen LogP contribution in [0.4, 0.5) is 16.2 Å². The predicted octanol–water partition coefficient (Wildman–Crippen LogP) is 3.57. The zero-order valence-corrected chi connectivity index (χ0v) is 17.7. The van der Waals surface area contributed by atoms with E-state index in [1.54, 1.807) is 17.9 Å². The van der Waals surface area contributed by atoms with Crippen LogP contribution in [0, 0.1) is 20.8 Å². The number of methoxy groups -OCH3 is 1. The number of hydrogen-bond acceptors (Lipinski definition) is 5. The Morgan fingerprint density at radius 1 is 1.10 bits per heavy atom. The first-order valence-corrected chi connectivity index (χ1v) is 9.75. The summed E-state index contributed by atoms with van der Waals surface area (Å²) < 4.78 is 5.28. The Morgan fingerprint density at radius 3 is 2.41 bits per heavy atom. The molecule has 3 rings (SSSR count). The van der Waals surface area contributed by atoms with E-state index in [9.17, 15) is 9.59 Å². The molecule has 2 aromatic rings. The number of ketones is 1. The van der Waals surface area contributed by atoms with Crippen LogP contribution in [0.15, 0.2) is 24.3 Å². The summed E-state index contributed by atoms with van der Waals surface area (Å²) in [6.45, 7) is 10.2. The lowest BCUT2D eigenvalue weighted by atomic mass is 10.1. The Hall–Kier alpha value is -3.09. The summed E-state index contributed by atoms with van der Waals surface area (Å²) in [6.07, 6.45) is 0. The lowest BCUT2D eigenvalue weighted by molar-refractivity contribution is 0.101. The van der Waals surface area contributed by atoms with E-state index in [1.165, 1.54) is 30.8 Å². The van der Waals surface area contributed by atoms with Crippen molar-refractivity contribution in [1.29, 1.82) is 0 Å². The smallest absolute Gasteiger partial charge is 0.322 e. The van der Waals surface area contributed by atoms with Gasteiger partial charge in [-0.1, -0.05) is 12.1 Å². The number of pyridine rings is 1. The fourth-order valence-electron chi connectivity index (χ4n) is 3.61. The summed E-state index contributed by atoms with van der Waals surface area (Å²) in [4.78, 5) is 33.0. The molecule has 1 fully saturated rings. The number of piperazine rings is 1. The largest absolute Gasteiger partial charge is 0.480 e. The number of Topliss-reactive ketones (excluding diaryl/α,β-unsaturated/α-hetero) is 1. The van der Waals surface area contributed by atoms with Crippen LogP contribution < -0.4 is 15.0 Å². The van der Waals surface area contributed by atoms with Crippen molar-refractivity contribution in [1.82, 2.24) is 9.88 Å². The number of nitrogens with one attached hydrogen (secondary N) is 1. The third-order valence-electron chi connectivity index (χ3n) is 5.48. The highest BCUT2D eigenvalue weighted by atomic mass is 16.5. The summed E-state index contributed by atoms with van der Waals surface area (Å²) in [5, 5.41) is 2.86. The van der Waals surface area contributed by atoms with Crippen LogP contribution >= 0.6 is 0 Å². The quantitative estimate of drug-likeness (QED) is 0.800. The highest BCUT2D eigenvalue weighted by Crippen LogP contribution is 2.27. The maximum Gasteiger partial charge on any atom is 0.322 e. The summed E-state index contributed by atoms with van der Waals surface area (Å²) in [7, 11) is 1.49. The fraction of sp³-hybridized carbons (Fsp3) is 0.409. The van der Waals surface area contributed by atoms with Gasteiger partial charge in [-0.2, -0.15) is 0 Å². The first-order chi connectivity index (χ1) is 13.8. The van der Waals surface area contributed by atoms with Crippen molar-refractivity contribution in [2.24, 2.45) is 0 Å². The van der Waals surface area contributed by atoms with Crippen LogP contribution in [0.25, 0.3) is 0 Å². The Morgan fingerprint density at radius 2 is 1.79 bits per heavy atom. The average Bonchev–Trinajstić information content (AvgIpc) is 2.71. The van der Waals surface area contributed by atoms with Gasteiger partial charge < -0.3 is 19.9 Å². The van der Waals surface area contributed by atoms with Crippen LogP contribution in [0.1, 0.15) is 34.1 Å². The number of urea groups is 1. The zero-order chi connectivity index (χ0) is 21.1. The summed E-state index contributed by atoms with van der Waals surface area (Å²) >= 11 is 0. The van der Waals surface area contributed by atoms with Crippen molar-refractivity contribution in [2.45, 2.75) is 27.7 Å². The van der Waals surface area contributed by atoms with Crippen molar-refractivity contribution in [2.75, 3.05) is 43.5 Å². The Labute approximate surface area is 171 Å². The number of aromatic nitrogens is 1. The van der Waals surface area contributed by atoms with Gasteiger partial charge in [0.05, 0.1) is 12.8 Å². The van der Waals surface area contributed by atoms with Crippen LogP contribution in [0.5, 0.6) is 5.88 Å². The molecule has 154 valence electrons. The molecule has 1 aliphatic rings. The highest BCUT2D eigenvalue weighted by Gasteiger charge is 2.24. The van der Waals surface area contributed by atoms with Gasteiger partial charge in [-0.25, -0.2) is 9.78 Å². The monoisotopic (exact) mass is 396 g/mol. The summed E-state index contributed by atoms with van der Waals surface area (Å²) in [6, 6.07) is 7.72. The number of rotatable bonds is 4. The lowest BCUT2D eigenvalue weighted by Crippen LogP contribution is -2.50. The molecule has 1 aromatic heterocycles. The van der Waals surface area contributed by atoms with E-state index in [-0.39, 0.29) is 11.8 Å². The molecule has 0 unspecified atom stereocenters. The summed E-state index contributed by atoms with van der Waals surface area (Å²) in [5.41, 5.74) is 5.22. The van der Waals surface area contributed by atoms with Crippen LogP contribution in [0.3, 0.4) is 0 Å². The predicted molar refractivity (Wildman–Crippen MR) is 114 cm³/mol. The standard InChI is InChI=1S/C22H28N4O3/c1-14-7-6-8-20(15(14)2)25-9-11-26(12-10-25)22(28)24-19-13-18(17(4)27)16(3)23-21(19)29-5/h6-8,13H,9-12H2,1-5H3,(H,24,28). The average molecular weight is 396 g/mol. The second-order valence-corrected chi connectivity index (χ2v) is 7.36. The zero-order valence-electron chi connectivity index (χ0n) is 17.7. The molecule has 1 aromatic carbocycles. The molecule has 29 heavy (non-hydrogen) atoms. The topological polar surface area (TPSA) is 74.8 Å². The molecule has 0 saturated carbocycles. The molecular formula is C22H28N4O3. The van der Waals surface area contributed by atoms with Crippen LogP contribution in [0.2, 0.25) is 0 Å². The Bertz CT molecular complexity index is 934. The minimum absolute atomic E-state index is 0.102. The molecule has 0 spiro atoms. The molecule has 0 aliphatic carbocycles. The maximum atomic E-state index is 12.8. The van der Waals surface area contributed by atoms with Crippen molar-refractivity contribution in [3.05, 3.63) is 46.6 Å². The molecule has 7 nitrogen and oxygen atoms in total. The van der Waals surface area contributed by atoms with Crippen LogP contribution in [-0.2, 0) is 0 Å². The first kappa shape index (κ1) is 20.6. The number of carbonyl (C=O) groups excluding carboxylic acids is 2. The molecule has 1 saturated heterocycles. The van der Waals surface area contributed by atoms with Gasteiger partial charge in [0, 0.05) is 37.4 Å². The number of ether oxygens (including phenoxy) is 1. The normalized spacial score (nSPS) is 14.0. The maximum absolute atomic E-state index is 12.8. The second kappa shape index (κ2) is 8.51. The molecule has 2 amide bonds. The molecule has 7 heteroatoms. The van der Waals surface area contributed by atoms with E-state index in [2.05, 4.69) is 47.2 Å². The van der Waals surface area contributed by atoms with Gasteiger partial charge in [0.15, 0.2) is 5.78 Å². The van der Waals surface area contributed by atoms with Gasteiger partial charge in [0.1, 0.15) is 5.69 Å².